The lowest BCUT2D eigenvalue weighted by atomic mass is 9.92. The van der Waals surface area contributed by atoms with Crippen LogP contribution in [0.25, 0.3) is 0 Å². The van der Waals surface area contributed by atoms with Gasteiger partial charge in [-0.2, -0.15) is 0 Å². The number of amides is 1. The lowest BCUT2D eigenvalue weighted by molar-refractivity contribution is 0.0883. The van der Waals surface area contributed by atoms with Gasteiger partial charge in [-0.1, -0.05) is 0 Å². The summed E-state index contributed by atoms with van der Waals surface area (Å²) in [6.07, 6.45) is 3.38. The number of carbonyl (C=O) groups excluding carboxylic acids is 1. The van der Waals surface area contributed by atoms with E-state index in [1.54, 1.807) is 12.1 Å². The third-order valence-electron chi connectivity index (χ3n) is 5.41. The molecule has 0 unspecified atom stereocenters. The van der Waals surface area contributed by atoms with Crippen molar-refractivity contribution >= 4 is 5.91 Å². The van der Waals surface area contributed by atoms with E-state index in [0.29, 0.717) is 48.6 Å². The van der Waals surface area contributed by atoms with Gasteiger partial charge in [0.05, 0.1) is 19.8 Å². The van der Waals surface area contributed by atoms with E-state index in [-0.39, 0.29) is 18.1 Å². The van der Waals surface area contributed by atoms with Crippen LogP contribution in [0.5, 0.6) is 23.3 Å². The highest BCUT2D eigenvalue weighted by molar-refractivity contribution is 5.95. The largest absolute Gasteiger partial charge is 0.490 e. The first-order chi connectivity index (χ1) is 15.9. The second-order valence-electron chi connectivity index (χ2n) is 8.10. The number of carbonyl (C=O) groups is 1. The summed E-state index contributed by atoms with van der Waals surface area (Å²) in [5.41, 5.74) is 2.28. The first kappa shape index (κ1) is 24.6. The maximum Gasteiger partial charge on any atom is 0.317 e. The molecule has 1 aromatic carbocycles. The van der Waals surface area contributed by atoms with Gasteiger partial charge in [-0.3, -0.25) is 4.79 Å². The van der Waals surface area contributed by atoms with Gasteiger partial charge in [0, 0.05) is 23.0 Å². The highest BCUT2D eigenvalue weighted by Crippen LogP contribution is 2.39. The lowest BCUT2D eigenvalue weighted by Gasteiger charge is -2.29. The zero-order chi connectivity index (χ0) is 23.8. The molecule has 1 saturated carbocycles. The predicted octanol–water partition coefficient (Wildman–Crippen LogP) is 4.41. The second-order valence-corrected chi connectivity index (χ2v) is 8.10. The van der Waals surface area contributed by atoms with Crippen LogP contribution >= 0.6 is 0 Å². The zero-order valence-corrected chi connectivity index (χ0v) is 20.3. The third kappa shape index (κ3) is 6.73. The monoisotopic (exact) mass is 457 g/mol. The predicted molar refractivity (Wildman–Crippen MR) is 126 cm³/mol. The number of aromatic nitrogens is 2. The first-order valence-electron chi connectivity index (χ1n) is 11.8. The van der Waals surface area contributed by atoms with E-state index in [1.807, 2.05) is 40.7 Å². The molecule has 8 heteroatoms. The zero-order valence-electron chi connectivity index (χ0n) is 20.3. The van der Waals surface area contributed by atoms with Crippen LogP contribution in [0.3, 0.4) is 0 Å². The molecular formula is C25H35N3O5. The van der Waals surface area contributed by atoms with Crippen LogP contribution in [0.15, 0.2) is 18.2 Å². The van der Waals surface area contributed by atoms with Crippen LogP contribution in [0, 0.1) is 13.8 Å². The number of hydrogen-bond donors (Lipinski definition) is 1. The van der Waals surface area contributed by atoms with Gasteiger partial charge in [-0.25, -0.2) is 9.97 Å². The van der Waals surface area contributed by atoms with E-state index in [0.717, 1.165) is 37.1 Å². The summed E-state index contributed by atoms with van der Waals surface area (Å²) in [6.45, 7) is 11.0. The van der Waals surface area contributed by atoms with Crippen molar-refractivity contribution in [2.24, 2.45) is 0 Å². The quantitative estimate of drug-likeness (QED) is 0.565. The maximum atomic E-state index is 13.0. The molecule has 8 nitrogen and oxygen atoms in total. The number of rotatable bonds is 10. The Balaban J connectivity index is 1.63. The molecule has 0 aliphatic heterocycles. The molecule has 3 rings (SSSR count). The second kappa shape index (κ2) is 11.7. The molecule has 1 aromatic heterocycles. The Hall–Kier alpha value is -3.03. The van der Waals surface area contributed by atoms with E-state index in [1.165, 1.54) is 0 Å². The molecular weight excluding hydrogens is 422 g/mol. The molecule has 0 radical (unpaired) electrons. The fourth-order valence-electron chi connectivity index (χ4n) is 4.01. The van der Waals surface area contributed by atoms with Crippen LogP contribution < -0.4 is 24.3 Å². The van der Waals surface area contributed by atoms with E-state index < -0.39 is 0 Å². The van der Waals surface area contributed by atoms with Gasteiger partial charge in [0.2, 0.25) is 5.75 Å². The van der Waals surface area contributed by atoms with Crippen LogP contribution in [0.1, 0.15) is 68.2 Å². The molecule has 180 valence electrons. The number of nitrogens with one attached hydrogen (secondary N) is 1. The van der Waals surface area contributed by atoms with Gasteiger partial charge in [0.25, 0.3) is 5.91 Å². The van der Waals surface area contributed by atoms with Gasteiger partial charge in [-0.15, -0.1) is 0 Å². The first-order valence-corrected chi connectivity index (χ1v) is 11.8. The normalized spacial score (nSPS) is 17.8. The molecule has 1 heterocycles. The van der Waals surface area contributed by atoms with Crippen LogP contribution in [0.2, 0.25) is 0 Å². The molecule has 1 amide bonds. The van der Waals surface area contributed by atoms with E-state index >= 15 is 0 Å². The topological polar surface area (TPSA) is 91.8 Å². The standard InChI is InChI=1S/C25H35N3O5/c1-6-30-21-14-18(15-22(31-7-2)23(21)32-8-3)24(29)28-19-9-11-20(12-10-19)33-25-26-16(4)13-17(5)27-25/h13-15,19-20H,6-12H2,1-5H3,(H,28,29). The van der Waals surface area contributed by atoms with Gasteiger partial charge in [0.1, 0.15) is 6.10 Å². The molecule has 2 aromatic rings. The number of hydrogen-bond acceptors (Lipinski definition) is 7. The number of benzene rings is 1. The van der Waals surface area contributed by atoms with Gasteiger partial charge < -0.3 is 24.3 Å². The summed E-state index contributed by atoms with van der Waals surface area (Å²) >= 11 is 0. The van der Waals surface area contributed by atoms with E-state index in [9.17, 15) is 4.79 Å². The minimum Gasteiger partial charge on any atom is -0.490 e. The summed E-state index contributed by atoms with van der Waals surface area (Å²) in [5.74, 6) is 1.41. The average Bonchev–Trinajstić information content (AvgIpc) is 2.76. The molecule has 1 aliphatic rings. The molecule has 1 aliphatic carbocycles. The molecule has 0 atom stereocenters. The molecule has 1 fully saturated rings. The Bertz CT molecular complexity index is 894. The van der Waals surface area contributed by atoms with Crippen molar-refractivity contribution in [3.05, 3.63) is 35.2 Å². The molecule has 1 N–H and O–H groups in total. The van der Waals surface area contributed by atoms with Crippen molar-refractivity contribution in [2.45, 2.75) is 72.4 Å². The minimum atomic E-state index is -0.151. The third-order valence-corrected chi connectivity index (χ3v) is 5.41. The molecule has 0 bridgehead atoms. The summed E-state index contributed by atoms with van der Waals surface area (Å²) in [4.78, 5) is 21.8. The van der Waals surface area contributed by atoms with Crippen LogP contribution in [-0.4, -0.2) is 47.8 Å². The number of nitrogens with zero attached hydrogens (tertiary/aromatic N) is 2. The Kier molecular flexibility index (Phi) is 8.74. The smallest absolute Gasteiger partial charge is 0.317 e. The van der Waals surface area contributed by atoms with E-state index in [2.05, 4.69) is 15.3 Å². The highest BCUT2D eigenvalue weighted by atomic mass is 16.5. The summed E-state index contributed by atoms with van der Waals surface area (Å²) in [6, 6.07) is 5.88. The van der Waals surface area contributed by atoms with Crippen molar-refractivity contribution in [1.29, 1.82) is 0 Å². The fourth-order valence-corrected chi connectivity index (χ4v) is 4.01. The Morgan fingerprint density at radius 3 is 1.94 bits per heavy atom. The number of ether oxygens (including phenoxy) is 4. The molecule has 0 spiro atoms. The highest BCUT2D eigenvalue weighted by Gasteiger charge is 2.26. The van der Waals surface area contributed by atoms with E-state index in [4.69, 9.17) is 18.9 Å². The Labute approximate surface area is 196 Å². The minimum absolute atomic E-state index is 0.0546. The summed E-state index contributed by atoms with van der Waals surface area (Å²) in [7, 11) is 0. The summed E-state index contributed by atoms with van der Waals surface area (Å²) in [5, 5.41) is 3.15. The van der Waals surface area contributed by atoms with Gasteiger partial charge >= 0.3 is 6.01 Å². The van der Waals surface area contributed by atoms with Crippen LogP contribution in [0.4, 0.5) is 0 Å². The Morgan fingerprint density at radius 2 is 1.42 bits per heavy atom. The van der Waals surface area contributed by atoms with Crippen molar-refractivity contribution in [2.75, 3.05) is 19.8 Å². The van der Waals surface area contributed by atoms with Crippen LogP contribution in [-0.2, 0) is 0 Å². The Morgan fingerprint density at radius 1 is 0.879 bits per heavy atom. The maximum absolute atomic E-state index is 13.0. The number of aryl methyl sites for hydroxylation is 2. The van der Waals surface area contributed by atoms with Crippen molar-refractivity contribution in [1.82, 2.24) is 15.3 Å². The molecule has 0 saturated heterocycles. The summed E-state index contributed by atoms with van der Waals surface area (Å²) < 4.78 is 23.2. The lowest BCUT2D eigenvalue weighted by Crippen LogP contribution is -2.39. The van der Waals surface area contributed by atoms with Crippen molar-refractivity contribution in [3.63, 3.8) is 0 Å². The molecule has 33 heavy (non-hydrogen) atoms. The van der Waals surface area contributed by atoms with Gasteiger partial charge in [0.15, 0.2) is 11.5 Å². The fraction of sp³-hybridized carbons (Fsp3) is 0.560. The van der Waals surface area contributed by atoms with Crippen molar-refractivity contribution in [3.8, 4) is 23.3 Å². The van der Waals surface area contributed by atoms with Crippen molar-refractivity contribution < 1.29 is 23.7 Å². The SMILES string of the molecule is CCOc1cc(C(=O)NC2CCC(Oc3nc(C)cc(C)n3)CC2)cc(OCC)c1OCC. The van der Waals surface area contributed by atoms with Gasteiger partial charge in [-0.05, 0) is 78.5 Å². The average molecular weight is 458 g/mol.